The lowest BCUT2D eigenvalue weighted by molar-refractivity contribution is -0.115. The number of carbonyl (C=O) groups excluding carboxylic acids is 2. The second-order valence-electron chi connectivity index (χ2n) is 6.83. The average molecular weight is 465 g/mol. The Balaban J connectivity index is 1.33. The summed E-state index contributed by atoms with van der Waals surface area (Å²) in [5.74, 6) is 0.742. The fourth-order valence-electron chi connectivity index (χ4n) is 2.85. The molecule has 4 rings (SSSR count). The van der Waals surface area contributed by atoms with Crippen LogP contribution in [-0.2, 0) is 4.79 Å². The van der Waals surface area contributed by atoms with Crippen LogP contribution in [0.4, 0.5) is 11.4 Å². The Morgan fingerprint density at radius 1 is 1.00 bits per heavy atom. The van der Waals surface area contributed by atoms with Crippen LogP contribution >= 0.6 is 11.8 Å². The molecule has 168 valence electrons. The van der Waals surface area contributed by atoms with E-state index in [1.54, 1.807) is 55.5 Å². The molecule has 2 amide bonds. The van der Waals surface area contributed by atoms with Crippen molar-refractivity contribution < 1.29 is 23.2 Å². The van der Waals surface area contributed by atoms with E-state index in [0.29, 0.717) is 28.4 Å². The standard InChI is InChI=1S/C23H20N4O5S/c1-14(33-23-27-26-22(32-23)19-8-5-13-31-19)20(28)24-16-11-9-15(10-12-16)21(29)25-17-6-3-4-7-18(17)30-2/h3-14H,1-2H3,(H,24,28)(H,25,29). The van der Waals surface area contributed by atoms with Gasteiger partial charge >= 0.3 is 0 Å². The Morgan fingerprint density at radius 2 is 1.79 bits per heavy atom. The molecule has 4 aromatic rings. The molecule has 0 saturated carbocycles. The maximum atomic E-state index is 12.5. The lowest BCUT2D eigenvalue weighted by Gasteiger charge is -2.11. The molecular weight excluding hydrogens is 444 g/mol. The number of amides is 2. The molecule has 1 unspecified atom stereocenters. The molecule has 0 aliphatic rings. The molecule has 33 heavy (non-hydrogen) atoms. The molecule has 9 nitrogen and oxygen atoms in total. The Morgan fingerprint density at radius 3 is 2.52 bits per heavy atom. The minimum absolute atomic E-state index is 0.246. The van der Waals surface area contributed by atoms with Gasteiger partial charge in [0.1, 0.15) is 5.75 Å². The van der Waals surface area contributed by atoms with Crippen molar-refractivity contribution in [3.63, 3.8) is 0 Å². The first-order valence-corrected chi connectivity index (χ1v) is 10.8. The maximum absolute atomic E-state index is 12.5. The number of methoxy groups -OCH3 is 1. The maximum Gasteiger partial charge on any atom is 0.284 e. The molecular formula is C23H20N4O5S. The quantitative estimate of drug-likeness (QED) is 0.360. The fourth-order valence-corrected chi connectivity index (χ4v) is 3.54. The predicted octanol–water partition coefficient (Wildman–Crippen LogP) is 4.71. The number of anilines is 2. The molecule has 0 spiro atoms. The number of nitrogens with zero attached hydrogens (tertiary/aromatic N) is 2. The summed E-state index contributed by atoms with van der Waals surface area (Å²) in [5.41, 5.74) is 1.57. The topological polar surface area (TPSA) is 119 Å². The van der Waals surface area contributed by atoms with Gasteiger partial charge in [-0.1, -0.05) is 23.9 Å². The minimum atomic E-state index is -0.497. The zero-order valence-electron chi connectivity index (χ0n) is 17.8. The van der Waals surface area contributed by atoms with Gasteiger partial charge in [0.25, 0.3) is 17.0 Å². The summed E-state index contributed by atoms with van der Waals surface area (Å²) in [7, 11) is 1.54. The fraction of sp³-hybridized carbons (Fsp3) is 0.130. The second kappa shape index (κ2) is 10.0. The zero-order valence-corrected chi connectivity index (χ0v) is 18.6. The molecule has 2 heterocycles. The first-order valence-electron chi connectivity index (χ1n) is 9.93. The van der Waals surface area contributed by atoms with Crippen LogP contribution in [0.2, 0.25) is 0 Å². The Labute approximate surface area is 193 Å². The minimum Gasteiger partial charge on any atom is -0.495 e. The number of thioether (sulfide) groups is 1. The van der Waals surface area contributed by atoms with Gasteiger partial charge in [-0.3, -0.25) is 9.59 Å². The van der Waals surface area contributed by atoms with Gasteiger partial charge in [-0.2, -0.15) is 0 Å². The summed E-state index contributed by atoms with van der Waals surface area (Å²) < 4.78 is 16.0. The van der Waals surface area contributed by atoms with Crippen LogP contribution in [0.25, 0.3) is 11.7 Å². The van der Waals surface area contributed by atoms with Crippen LogP contribution in [0.3, 0.4) is 0 Å². The third-order valence-corrected chi connectivity index (χ3v) is 5.49. The van der Waals surface area contributed by atoms with E-state index >= 15 is 0 Å². The van der Waals surface area contributed by atoms with Gasteiger partial charge in [0.2, 0.25) is 5.91 Å². The number of hydrogen-bond acceptors (Lipinski definition) is 8. The van der Waals surface area contributed by atoms with Crippen molar-refractivity contribution in [3.8, 4) is 17.4 Å². The van der Waals surface area contributed by atoms with Crippen molar-refractivity contribution in [1.29, 1.82) is 0 Å². The highest BCUT2D eigenvalue weighted by Crippen LogP contribution is 2.27. The van der Waals surface area contributed by atoms with Gasteiger partial charge in [-0.25, -0.2) is 0 Å². The summed E-state index contributed by atoms with van der Waals surface area (Å²) in [6.45, 7) is 1.73. The summed E-state index contributed by atoms with van der Waals surface area (Å²) >= 11 is 1.13. The predicted molar refractivity (Wildman–Crippen MR) is 123 cm³/mol. The zero-order chi connectivity index (χ0) is 23.2. The Bertz CT molecular complexity index is 1240. The average Bonchev–Trinajstić information content (AvgIpc) is 3.52. The van der Waals surface area contributed by atoms with Gasteiger partial charge in [-0.15, -0.1) is 10.2 Å². The molecule has 2 N–H and O–H groups in total. The van der Waals surface area contributed by atoms with Crippen LogP contribution in [0.15, 0.2) is 81.0 Å². The highest BCUT2D eigenvalue weighted by Gasteiger charge is 2.20. The summed E-state index contributed by atoms with van der Waals surface area (Å²) in [4.78, 5) is 25.1. The number of rotatable bonds is 8. The molecule has 10 heteroatoms. The van der Waals surface area contributed by atoms with Crippen molar-refractivity contribution >= 4 is 35.0 Å². The van der Waals surface area contributed by atoms with Crippen LogP contribution in [0.1, 0.15) is 17.3 Å². The molecule has 2 aromatic carbocycles. The van der Waals surface area contributed by atoms with Crippen molar-refractivity contribution in [1.82, 2.24) is 10.2 Å². The van der Waals surface area contributed by atoms with Crippen molar-refractivity contribution in [2.75, 3.05) is 17.7 Å². The molecule has 2 aromatic heterocycles. The smallest absolute Gasteiger partial charge is 0.284 e. The largest absolute Gasteiger partial charge is 0.495 e. The number of ether oxygens (including phenoxy) is 1. The van der Waals surface area contributed by atoms with Crippen LogP contribution in [-0.4, -0.2) is 34.4 Å². The van der Waals surface area contributed by atoms with E-state index in [0.717, 1.165) is 11.8 Å². The van der Waals surface area contributed by atoms with E-state index < -0.39 is 5.25 Å². The number of carbonyl (C=O) groups is 2. The number of nitrogens with one attached hydrogen (secondary N) is 2. The molecule has 0 radical (unpaired) electrons. The van der Waals surface area contributed by atoms with Crippen molar-refractivity contribution in [2.45, 2.75) is 17.4 Å². The highest BCUT2D eigenvalue weighted by molar-refractivity contribution is 8.00. The van der Waals surface area contributed by atoms with E-state index in [-0.39, 0.29) is 22.9 Å². The molecule has 0 saturated heterocycles. The molecule has 0 bridgehead atoms. The monoisotopic (exact) mass is 464 g/mol. The number of para-hydroxylation sites is 2. The SMILES string of the molecule is COc1ccccc1NC(=O)c1ccc(NC(=O)C(C)Sc2nnc(-c3ccco3)o2)cc1. The number of benzene rings is 2. The molecule has 0 fully saturated rings. The van der Waals surface area contributed by atoms with Crippen LogP contribution < -0.4 is 15.4 Å². The first kappa shape index (κ1) is 22.2. The first-order chi connectivity index (χ1) is 16.0. The van der Waals surface area contributed by atoms with E-state index in [1.165, 1.54) is 13.4 Å². The lowest BCUT2D eigenvalue weighted by atomic mass is 10.2. The van der Waals surface area contributed by atoms with Crippen LogP contribution in [0.5, 0.6) is 5.75 Å². The van der Waals surface area contributed by atoms with E-state index in [9.17, 15) is 9.59 Å². The van der Waals surface area contributed by atoms with E-state index in [1.807, 2.05) is 12.1 Å². The Hall–Kier alpha value is -4.05. The molecule has 1 atom stereocenters. The summed E-state index contributed by atoms with van der Waals surface area (Å²) in [6.07, 6.45) is 1.51. The summed E-state index contributed by atoms with van der Waals surface area (Å²) in [5, 5.41) is 13.2. The van der Waals surface area contributed by atoms with Gasteiger partial charge < -0.3 is 24.2 Å². The third-order valence-electron chi connectivity index (χ3n) is 4.56. The lowest BCUT2D eigenvalue weighted by Crippen LogP contribution is -2.22. The van der Waals surface area contributed by atoms with Gasteiger partial charge in [-0.05, 0) is 55.5 Å². The highest BCUT2D eigenvalue weighted by atomic mass is 32.2. The molecule has 0 aliphatic heterocycles. The van der Waals surface area contributed by atoms with Gasteiger partial charge in [0, 0.05) is 11.3 Å². The van der Waals surface area contributed by atoms with Crippen LogP contribution in [0, 0.1) is 0 Å². The number of hydrogen-bond donors (Lipinski definition) is 2. The normalized spacial score (nSPS) is 11.6. The van der Waals surface area contributed by atoms with Crippen molar-refractivity contribution in [2.24, 2.45) is 0 Å². The van der Waals surface area contributed by atoms with E-state index in [4.69, 9.17) is 13.6 Å². The second-order valence-corrected chi connectivity index (χ2v) is 8.12. The van der Waals surface area contributed by atoms with Crippen molar-refractivity contribution in [3.05, 3.63) is 72.5 Å². The number of furan rings is 1. The molecule has 0 aliphatic carbocycles. The number of aromatic nitrogens is 2. The van der Waals surface area contributed by atoms with Gasteiger partial charge in [0.05, 0.1) is 24.3 Å². The van der Waals surface area contributed by atoms with E-state index in [2.05, 4.69) is 20.8 Å². The summed E-state index contributed by atoms with van der Waals surface area (Å²) in [6, 6.07) is 17.2. The van der Waals surface area contributed by atoms with Gasteiger partial charge in [0.15, 0.2) is 5.76 Å². The third kappa shape index (κ3) is 5.42. The Kier molecular flexibility index (Phi) is 6.75.